The Kier molecular flexibility index (Phi) is 3.24. The first kappa shape index (κ1) is 11.6. The number of benzene rings is 2. The zero-order valence-electron chi connectivity index (χ0n) is 10.3. The summed E-state index contributed by atoms with van der Waals surface area (Å²) in [5.41, 5.74) is 3.75. The van der Waals surface area contributed by atoms with E-state index in [9.17, 15) is 0 Å². The van der Waals surface area contributed by atoms with Crippen LogP contribution in [0.2, 0.25) is 5.02 Å². The maximum atomic E-state index is 6.05. The van der Waals surface area contributed by atoms with Crippen molar-refractivity contribution < 1.29 is 0 Å². The maximum Gasteiger partial charge on any atom is 0.0412 e. The van der Waals surface area contributed by atoms with Gasteiger partial charge in [0, 0.05) is 23.8 Å². The molecule has 2 aromatic rings. The Morgan fingerprint density at radius 3 is 2.22 bits per heavy atom. The fourth-order valence-electron chi connectivity index (χ4n) is 2.53. The van der Waals surface area contributed by atoms with Crippen molar-refractivity contribution in [1.82, 2.24) is 0 Å². The maximum absolute atomic E-state index is 6.05. The van der Waals surface area contributed by atoms with Crippen molar-refractivity contribution in [3.05, 3.63) is 53.6 Å². The van der Waals surface area contributed by atoms with Gasteiger partial charge in [0.2, 0.25) is 0 Å². The van der Waals surface area contributed by atoms with E-state index in [0.717, 1.165) is 5.02 Å². The summed E-state index contributed by atoms with van der Waals surface area (Å²) in [5.74, 6) is 0. The second-order valence-corrected chi connectivity index (χ2v) is 5.19. The second-order valence-electron chi connectivity index (χ2n) is 4.75. The summed E-state index contributed by atoms with van der Waals surface area (Å²) in [6.45, 7) is 2.36. The van der Waals surface area contributed by atoms with E-state index in [1.165, 1.54) is 42.7 Å². The minimum atomic E-state index is 0.791. The number of hydrogen-bond acceptors (Lipinski definition) is 1. The standard InChI is InChI=1S/C16H16ClN/c17-15-7-3-5-13(11-15)14-6-4-8-16(12-14)18-9-1-2-10-18/h3-8,11-12H,1-2,9-10H2. The Hall–Kier alpha value is -1.47. The van der Waals surface area contributed by atoms with E-state index in [4.69, 9.17) is 11.6 Å². The first-order valence-electron chi connectivity index (χ1n) is 6.44. The SMILES string of the molecule is Clc1cccc(-c2cccc(N3CCCC3)c2)c1. The van der Waals surface area contributed by atoms with Crippen molar-refractivity contribution in [3.8, 4) is 11.1 Å². The normalized spacial score (nSPS) is 15.1. The van der Waals surface area contributed by atoms with E-state index in [0.29, 0.717) is 0 Å². The predicted octanol–water partition coefficient (Wildman–Crippen LogP) is 4.61. The third-order valence-electron chi connectivity index (χ3n) is 3.48. The summed E-state index contributed by atoms with van der Waals surface area (Å²) in [6, 6.07) is 16.8. The van der Waals surface area contributed by atoms with E-state index < -0.39 is 0 Å². The van der Waals surface area contributed by atoms with Gasteiger partial charge in [0.05, 0.1) is 0 Å². The van der Waals surface area contributed by atoms with Gasteiger partial charge in [-0.25, -0.2) is 0 Å². The van der Waals surface area contributed by atoms with Crippen LogP contribution in [0.3, 0.4) is 0 Å². The highest BCUT2D eigenvalue weighted by Crippen LogP contribution is 2.28. The average Bonchev–Trinajstić information content (AvgIpc) is 2.93. The van der Waals surface area contributed by atoms with Gasteiger partial charge in [0.15, 0.2) is 0 Å². The Morgan fingerprint density at radius 2 is 1.50 bits per heavy atom. The largest absolute Gasteiger partial charge is 0.372 e. The fraction of sp³-hybridized carbons (Fsp3) is 0.250. The van der Waals surface area contributed by atoms with Gasteiger partial charge in [-0.15, -0.1) is 0 Å². The Bertz CT molecular complexity index is 544. The summed E-state index contributed by atoms with van der Waals surface area (Å²) in [7, 11) is 0. The first-order chi connectivity index (χ1) is 8.83. The van der Waals surface area contributed by atoms with Crippen LogP contribution in [0.1, 0.15) is 12.8 Å². The van der Waals surface area contributed by atoms with Crippen molar-refractivity contribution in [2.24, 2.45) is 0 Å². The summed E-state index contributed by atoms with van der Waals surface area (Å²) < 4.78 is 0. The molecular weight excluding hydrogens is 242 g/mol. The van der Waals surface area contributed by atoms with Gasteiger partial charge < -0.3 is 4.90 Å². The van der Waals surface area contributed by atoms with Crippen LogP contribution in [-0.4, -0.2) is 13.1 Å². The Labute approximate surface area is 113 Å². The van der Waals surface area contributed by atoms with Gasteiger partial charge >= 0.3 is 0 Å². The average molecular weight is 258 g/mol. The molecule has 0 bridgehead atoms. The minimum absolute atomic E-state index is 0.791. The van der Waals surface area contributed by atoms with E-state index in [-0.39, 0.29) is 0 Å². The van der Waals surface area contributed by atoms with Gasteiger partial charge in [-0.2, -0.15) is 0 Å². The Morgan fingerprint density at radius 1 is 0.833 bits per heavy atom. The van der Waals surface area contributed by atoms with Crippen molar-refractivity contribution in [2.45, 2.75) is 12.8 Å². The zero-order valence-corrected chi connectivity index (χ0v) is 11.0. The molecule has 0 saturated carbocycles. The molecule has 0 amide bonds. The molecule has 2 aromatic carbocycles. The summed E-state index contributed by atoms with van der Waals surface area (Å²) >= 11 is 6.05. The molecule has 1 aliphatic rings. The number of halogens is 1. The molecule has 0 atom stereocenters. The van der Waals surface area contributed by atoms with E-state index >= 15 is 0 Å². The van der Waals surface area contributed by atoms with Crippen LogP contribution >= 0.6 is 11.6 Å². The van der Waals surface area contributed by atoms with E-state index in [1.54, 1.807) is 0 Å². The van der Waals surface area contributed by atoms with Gasteiger partial charge in [-0.1, -0.05) is 35.9 Å². The quantitative estimate of drug-likeness (QED) is 0.760. The molecule has 0 aromatic heterocycles. The molecule has 0 spiro atoms. The minimum Gasteiger partial charge on any atom is -0.372 e. The molecular formula is C16H16ClN. The number of nitrogens with zero attached hydrogens (tertiary/aromatic N) is 1. The van der Waals surface area contributed by atoms with Crippen LogP contribution in [0.4, 0.5) is 5.69 Å². The van der Waals surface area contributed by atoms with Crippen molar-refractivity contribution >= 4 is 17.3 Å². The molecule has 0 unspecified atom stereocenters. The summed E-state index contributed by atoms with van der Waals surface area (Å²) in [6.07, 6.45) is 2.61. The molecule has 1 saturated heterocycles. The molecule has 1 aliphatic heterocycles. The van der Waals surface area contributed by atoms with Gasteiger partial charge in [0.25, 0.3) is 0 Å². The van der Waals surface area contributed by atoms with E-state index in [1.807, 2.05) is 18.2 Å². The van der Waals surface area contributed by atoms with E-state index in [2.05, 4.69) is 35.2 Å². The van der Waals surface area contributed by atoms with Gasteiger partial charge in [-0.3, -0.25) is 0 Å². The topological polar surface area (TPSA) is 3.24 Å². The molecule has 92 valence electrons. The van der Waals surface area contributed by atoms with Crippen molar-refractivity contribution in [2.75, 3.05) is 18.0 Å². The monoisotopic (exact) mass is 257 g/mol. The molecule has 1 heterocycles. The molecule has 0 N–H and O–H groups in total. The number of rotatable bonds is 2. The highest BCUT2D eigenvalue weighted by molar-refractivity contribution is 6.30. The lowest BCUT2D eigenvalue weighted by Gasteiger charge is -2.18. The van der Waals surface area contributed by atoms with Crippen molar-refractivity contribution in [1.29, 1.82) is 0 Å². The van der Waals surface area contributed by atoms with Gasteiger partial charge in [0.1, 0.15) is 0 Å². The Balaban J connectivity index is 1.95. The molecule has 18 heavy (non-hydrogen) atoms. The molecule has 3 rings (SSSR count). The fourth-order valence-corrected chi connectivity index (χ4v) is 2.72. The highest BCUT2D eigenvalue weighted by Gasteiger charge is 2.12. The number of anilines is 1. The van der Waals surface area contributed by atoms with Gasteiger partial charge in [-0.05, 0) is 48.2 Å². The van der Waals surface area contributed by atoms with Crippen molar-refractivity contribution in [3.63, 3.8) is 0 Å². The first-order valence-corrected chi connectivity index (χ1v) is 6.82. The molecule has 2 heteroatoms. The summed E-state index contributed by atoms with van der Waals surface area (Å²) in [5, 5.41) is 0.791. The zero-order chi connectivity index (χ0) is 12.4. The lowest BCUT2D eigenvalue weighted by molar-refractivity contribution is 0.949. The van der Waals surface area contributed by atoms with Crippen LogP contribution in [0.5, 0.6) is 0 Å². The lowest BCUT2D eigenvalue weighted by Crippen LogP contribution is -2.17. The summed E-state index contributed by atoms with van der Waals surface area (Å²) in [4.78, 5) is 2.45. The molecule has 0 aliphatic carbocycles. The second kappa shape index (κ2) is 5.03. The molecule has 0 radical (unpaired) electrons. The van der Waals surface area contributed by atoms with Crippen LogP contribution in [0.15, 0.2) is 48.5 Å². The van der Waals surface area contributed by atoms with Crippen LogP contribution in [-0.2, 0) is 0 Å². The number of hydrogen-bond donors (Lipinski definition) is 0. The third kappa shape index (κ3) is 2.37. The third-order valence-corrected chi connectivity index (χ3v) is 3.71. The lowest BCUT2D eigenvalue weighted by atomic mass is 10.1. The molecule has 1 nitrogen and oxygen atoms in total. The van der Waals surface area contributed by atoms with Crippen LogP contribution < -0.4 is 4.90 Å². The molecule has 1 fully saturated rings. The smallest absolute Gasteiger partial charge is 0.0412 e. The highest BCUT2D eigenvalue weighted by atomic mass is 35.5. The predicted molar refractivity (Wildman–Crippen MR) is 78.3 cm³/mol. The van der Waals surface area contributed by atoms with Crippen LogP contribution in [0.25, 0.3) is 11.1 Å². The van der Waals surface area contributed by atoms with Crippen LogP contribution in [0, 0.1) is 0 Å².